The highest BCUT2D eigenvalue weighted by atomic mass is 35.5. The number of nitrogens with zero attached hydrogens (tertiary/aromatic N) is 1. The van der Waals surface area contributed by atoms with E-state index in [9.17, 15) is 14.3 Å². The Labute approximate surface area is 196 Å². The Bertz CT molecular complexity index is 876. The van der Waals surface area contributed by atoms with Gasteiger partial charge in [-0.05, 0) is 93.4 Å². The van der Waals surface area contributed by atoms with Crippen LogP contribution in [0.5, 0.6) is 0 Å². The molecule has 1 N–H and O–H groups in total. The molecule has 0 saturated heterocycles. The molecule has 174 valence electrons. The van der Waals surface area contributed by atoms with Crippen molar-refractivity contribution in [2.45, 2.75) is 63.3 Å². The van der Waals surface area contributed by atoms with Crippen LogP contribution in [0.15, 0.2) is 48.5 Å². The van der Waals surface area contributed by atoms with Gasteiger partial charge >= 0.3 is 5.97 Å². The van der Waals surface area contributed by atoms with Crippen LogP contribution < -0.4 is 0 Å². The number of hydrogen-bond donors (Lipinski definition) is 1. The van der Waals surface area contributed by atoms with Gasteiger partial charge in [0.05, 0.1) is 5.41 Å². The fourth-order valence-corrected chi connectivity index (χ4v) is 5.90. The van der Waals surface area contributed by atoms with Crippen LogP contribution in [0.2, 0.25) is 5.02 Å². The number of hydrogen-bond acceptors (Lipinski definition) is 2. The molecular formula is C27H35ClFNO2. The van der Waals surface area contributed by atoms with Crippen molar-refractivity contribution in [1.29, 1.82) is 0 Å². The van der Waals surface area contributed by atoms with Crippen LogP contribution >= 0.6 is 11.6 Å². The maximum atomic E-state index is 13.5. The molecule has 0 aromatic heterocycles. The van der Waals surface area contributed by atoms with E-state index < -0.39 is 11.4 Å². The van der Waals surface area contributed by atoms with Gasteiger partial charge in [0.1, 0.15) is 5.82 Å². The number of halogens is 2. The highest BCUT2D eigenvalue weighted by molar-refractivity contribution is 6.30. The lowest BCUT2D eigenvalue weighted by Gasteiger charge is -2.44. The van der Waals surface area contributed by atoms with E-state index in [-0.39, 0.29) is 17.8 Å². The first kappa shape index (κ1) is 24.7. The van der Waals surface area contributed by atoms with Gasteiger partial charge in [0.25, 0.3) is 0 Å². The zero-order chi connectivity index (χ0) is 23.3. The minimum Gasteiger partial charge on any atom is -0.481 e. The molecular weight excluding hydrogens is 425 g/mol. The van der Waals surface area contributed by atoms with Crippen LogP contribution in [-0.4, -0.2) is 30.1 Å². The van der Waals surface area contributed by atoms with E-state index in [2.05, 4.69) is 25.9 Å². The molecule has 2 aromatic carbocycles. The van der Waals surface area contributed by atoms with Crippen LogP contribution in [-0.2, 0) is 10.2 Å². The number of carbonyl (C=O) groups is 1. The van der Waals surface area contributed by atoms with Gasteiger partial charge in [-0.25, -0.2) is 4.39 Å². The van der Waals surface area contributed by atoms with E-state index in [1.54, 1.807) is 0 Å². The summed E-state index contributed by atoms with van der Waals surface area (Å²) in [6, 6.07) is 14.4. The van der Waals surface area contributed by atoms with Gasteiger partial charge in [0.2, 0.25) is 0 Å². The first-order chi connectivity index (χ1) is 15.3. The molecule has 0 aliphatic heterocycles. The normalized spacial score (nSPS) is 21.8. The summed E-state index contributed by atoms with van der Waals surface area (Å²) < 4.78 is 13.5. The van der Waals surface area contributed by atoms with Gasteiger partial charge in [-0.2, -0.15) is 0 Å². The van der Waals surface area contributed by atoms with Crippen molar-refractivity contribution in [1.82, 2.24) is 4.90 Å². The Balaban J connectivity index is 1.86. The molecule has 5 heteroatoms. The second kappa shape index (κ2) is 10.8. The van der Waals surface area contributed by atoms with Crippen LogP contribution in [0.3, 0.4) is 0 Å². The Morgan fingerprint density at radius 3 is 2.19 bits per heavy atom. The van der Waals surface area contributed by atoms with E-state index in [1.165, 1.54) is 12.1 Å². The maximum absolute atomic E-state index is 13.5. The number of rotatable bonds is 9. The topological polar surface area (TPSA) is 40.5 Å². The lowest BCUT2D eigenvalue weighted by Crippen LogP contribution is -2.45. The molecule has 3 rings (SSSR count). The summed E-state index contributed by atoms with van der Waals surface area (Å²) in [5.41, 5.74) is 1.11. The van der Waals surface area contributed by atoms with Gasteiger partial charge in [-0.1, -0.05) is 55.6 Å². The molecule has 1 saturated carbocycles. The molecule has 0 amide bonds. The Morgan fingerprint density at radius 2 is 1.69 bits per heavy atom. The third-order valence-corrected chi connectivity index (χ3v) is 7.60. The van der Waals surface area contributed by atoms with Gasteiger partial charge in [0.15, 0.2) is 0 Å². The van der Waals surface area contributed by atoms with Crippen molar-refractivity contribution in [3.05, 3.63) is 70.5 Å². The SMILES string of the molecule is CCCCC(C(=O)O)(c1ccc(Cl)cc1)C1CCC(C(c2ccc(F)cc2)N(C)C)CC1. The van der Waals surface area contributed by atoms with Gasteiger partial charge in [0, 0.05) is 11.1 Å². The molecule has 32 heavy (non-hydrogen) atoms. The summed E-state index contributed by atoms with van der Waals surface area (Å²) in [5.74, 6) is -0.450. The predicted octanol–water partition coefficient (Wildman–Crippen LogP) is 7.10. The van der Waals surface area contributed by atoms with Gasteiger partial charge < -0.3 is 10.0 Å². The minimum atomic E-state index is -0.880. The van der Waals surface area contributed by atoms with Crippen molar-refractivity contribution in [3.63, 3.8) is 0 Å². The summed E-state index contributed by atoms with van der Waals surface area (Å²) in [6.45, 7) is 2.11. The molecule has 2 aromatic rings. The molecule has 1 aliphatic carbocycles. The monoisotopic (exact) mass is 459 g/mol. The fraction of sp³-hybridized carbons (Fsp3) is 0.519. The Hall–Kier alpha value is -1.91. The highest BCUT2D eigenvalue weighted by Crippen LogP contribution is 2.49. The van der Waals surface area contributed by atoms with E-state index in [1.807, 2.05) is 36.4 Å². The number of unbranched alkanes of at least 4 members (excludes halogenated alkanes) is 1. The average molecular weight is 460 g/mol. The fourth-order valence-electron chi connectivity index (χ4n) is 5.77. The van der Waals surface area contributed by atoms with Crippen LogP contribution in [0.1, 0.15) is 69.0 Å². The van der Waals surface area contributed by atoms with Crippen molar-refractivity contribution in [2.24, 2.45) is 11.8 Å². The molecule has 0 spiro atoms. The number of benzene rings is 2. The molecule has 0 bridgehead atoms. The van der Waals surface area contributed by atoms with Crippen molar-refractivity contribution < 1.29 is 14.3 Å². The second-order valence-corrected chi connectivity index (χ2v) is 9.90. The van der Waals surface area contributed by atoms with E-state index in [0.717, 1.165) is 49.7 Å². The zero-order valence-corrected chi connectivity index (χ0v) is 20.1. The van der Waals surface area contributed by atoms with E-state index >= 15 is 0 Å². The second-order valence-electron chi connectivity index (χ2n) is 9.46. The Morgan fingerprint density at radius 1 is 1.09 bits per heavy atom. The first-order valence-electron chi connectivity index (χ1n) is 11.7. The molecule has 1 aliphatic rings. The molecule has 2 unspecified atom stereocenters. The molecule has 2 atom stereocenters. The summed E-state index contributed by atoms with van der Waals surface area (Å²) >= 11 is 6.11. The summed E-state index contributed by atoms with van der Waals surface area (Å²) in [4.78, 5) is 15.0. The smallest absolute Gasteiger partial charge is 0.314 e. The minimum absolute atomic E-state index is 0.0833. The summed E-state index contributed by atoms with van der Waals surface area (Å²) in [7, 11) is 4.13. The maximum Gasteiger partial charge on any atom is 0.314 e. The lowest BCUT2D eigenvalue weighted by molar-refractivity contribution is -0.147. The zero-order valence-electron chi connectivity index (χ0n) is 19.4. The third-order valence-electron chi connectivity index (χ3n) is 7.35. The van der Waals surface area contributed by atoms with E-state index in [4.69, 9.17) is 11.6 Å². The average Bonchev–Trinajstić information content (AvgIpc) is 2.77. The lowest BCUT2D eigenvalue weighted by atomic mass is 9.60. The molecule has 0 radical (unpaired) electrons. The highest BCUT2D eigenvalue weighted by Gasteiger charge is 2.48. The number of carboxylic acids is 1. The van der Waals surface area contributed by atoms with E-state index in [0.29, 0.717) is 17.4 Å². The van der Waals surface area contributed by atoms with Crippen LogP contribution in [0.25, 0.3) is 0 Å². The molecule has 1 fully saturated rings. The van der Waals surface area contributed by atoms with Crippen LogP contribution in [0.4, 0.5) is 4.39 Å². The van der Waals surface area contributed by atoms with Crippen molar-refractivity contribution in [3.8, 4) is 0 Å². The third kappa shape index (κ3) is 5.18. The van der Waals surface area contributed by atoms with Gasteiger partial charge in [-0.15, -0.1) is 0 Å². The predicted molar refractivity (Wildman–Crippen MR) is 129 cm³/mol. The number of aliphatic carboxylic acids is 1. The van der Waals surface area contributed by atoms with Crippen molar-refractivity contribution >= 4 is 17.6 Å². The first-order valence-corrected chi connectivity index (χ1v) is 12.1. The largest absolute Gasteiger partial charge is 0.481 e. The molecule has 0 heterocycles. The van der Waals surface area contributed by atoms with Crippen molar-refractivity contribution in [2.75, 3.05) is 14.1 Å². The standard InChI is InChI=1S/C27H35ClFNO2/c1-4-5-18-27(26(31)32,22-12-14-23(28)15-13-22)21-10-6-19(7-11-21)25(30(2)3)20-8-16-24(29)17-9-20/h8-9,12-17,19,21,25H,4-7,10-11,18H2,1-3H3,(H,31,32). The quantitative estimate of drug-likeness (QED) is 0.434. The van der Waals surface area contributed by atoms with Crippen LogP contribution in [0, 0.1) is 17.7 Å². The van der Waals surface area contributed by atoms with Gasteiger partial charge in [-0.3, -0.25) is 4.79 Å². The summed E-state index contributed by atoms with van der Waals surface area (Å²) in [6.07, 6.45) is 6.14. The molecule has 3 nitrogen and oxygen atoms in total. The Kier molecular flexibility index (Phi) is 8.35. The number of carboxylic acid groups (broad SMARTS) is 1. The summed E-state index contributed by atoms with van der Waals surface area (Å²) in [5, 5.41) is 11.1.